The van der Waals surface area contributed by atoms with Gasteiger partial charge in [-0.1, -0.05) is 25.3 Å². The molecule has 1 saturated heterocycles. The van der Waals surface area contributed by atoms with Gasteiger partial charge in [-0.05, 0) is 80.3 Å². The molecule has 2 amide bonds. The number of nitrogens with zero attached hydrogens (tertiary/aromatic N) is 3. The second-order valence-corrected chi connectivity index (χ2v) is 10.5. The molecule has 1 unspecified atom stereocenters. The Morgan fingerprint density at radius 1 is 0.943 bits per heavy atom. The van der Waals surface area contributed by atoms with Crippen molar-refractivity contribution in [3.05, 3.63) is 59.4 Å². The predicted octanol–water partition coefficient (Wildman–Crippen LogP) is 4.90. The Balaban J connectivity index is 1.24. The smallest absolute Gasteiger partial charge is 0.253 e. The van der Waals surface area contributed by atoms with Crippen LogP contribution in [-0.4, -0.2) is 47.9 Å². The van der Waals surface area contributed by atoms with Crippen molar-refractivity contribution < 1.29 is 9.59 Å². The number of fused-ring (bicyclic) bond motifs is 1. The van der Waals surface area contributed by atoms with E-state index in [1.54, 1.807) is 0 Å². The average Bonchev–Trinajstić information content (AvgIpc) is 2.93. The topological polar surface area (TPSA) is 65.5 Å². The summed E-state index contributed by atoms with van der Waals surface area (Å²) in [5.74, 6) is 0.443. The number of hydrogen-bond acceptors (Lipinski definition) is 4. The van der Waals surface area contributed by atoms with E-state index in [2.05, 4.69) is 27.3 Å². The van der Waals surface area contributed by atoms with Gasteiger partial charge in [-0.3, -0.25) is 14.6 Å². The summed E-state index contributed by atoms with van der Waals surface area (Å²) in [6.07, 6.45) is 14.2. The third-order valence-corrected chi connectivity index (χ3v) is 8.36. The minimum Gasteiger partial charge on any atom is -0.371 e. The van der Waals surface area contributed by atoms with E-state index in [4.69, 9.17) is 0 Å². The van der Waals surface area contributed by atoms with Crippen molar-refractivity contribution in [2.75, 3.05) is 25.0 Å². The number of anilines is 1. The number of benzene rings is 1. The van der Waals surface area contributed by atoms with Crippen LogP contribution >= 0.6 is 0 Å². The molecule has 2 heterocycles. The monoisotopic (exact) mass is 474 g/mol. The number of rotatable bonds is 5. The first-order chi connectivity index (χ1) is 17.1. The van der Waals surface area contributed by atoms with Crippen LogP contribution < -0.4 is 10.2 Å². The number of hydrogen-bond donors (Lipinski definition) is 1. The van der Waals surface area contributed by atoms with Crippen LogP contribution in [0.1, 0.15) is 85.3 Å². The molecule has 1 aromatic heterocycles. The lowest BCUT2D eigenvalue weighted by Gasteiger charge is -2.38. The number of carbonyl (C=O) groups excluding carboxylic acids is 2. The first kappa shape index (κ1) is 23.8. The van der Waals surface area contributed by atoms with Gasteiger partial charge in [-0.25, -0.2) is 0 Å². The molecule has 0 spiro atoms. The van der Waals surface area contributed by atoms with Crippen molar-refractivity contribution >= 4 is 17.5 Å². The zero-order valence-electron chi connectivity index (χ0n) is 20.9. The van der Waals surface area contributed by atoms with Gasteiger partial charge in [0.2, 0.25) is 5.91 Å². The van der Waals surface area contributed by atoms with Gasteiger partial charge in [0.15, 0.2) is 0 Å². The Hall–Kier alpha value is -2.89. The molecule has 0 bridgehead atoms. The Labute approximate surface area is 209 Å². The zero-order valence-corrected chi connectivity index (χ0v) is 20.9. The highest BCUT2D eigenvalue weighted by Gasteiger charge is 2.29. The number of carbonyl (C=O) groups is 2. The first-order valence-corrected chi connectivity index (χ1v) is 13.5. The van der Waals surface area contributed by atoms with Crippen molar-refractivity contribution in [2.45, 2.75) is 76.3 Å². The summed E-state index contributed by atoms with van der Waals surface area (Å²) in [5.41, 5.74) is 4.35. The Kier molecular flexibility index (Phi) is 7.35. The third kappa shape index (κ3) is 5.36. The number of amides is 2. The fourth-order valence-corrected chi connectivity index (χ4v) is 6.17. The van der Waals surface area contributed by atoms with Crippen LogP contribution in [0.25, 0.3) is 0 Å². The van der Waals surface area contributed by atoms with Crippen molar-refractivity contribution in [1.82, 2.24) is 15.2 Å². The molecule has 5 rings (SSSR count). The van der Waals surface area contributed by atoms with E-state index in [1.165, 1.54) is 17.7 Å². The van der Waals surface area contributed by atoms with E-state index >= 15 is 0 Å². The Morgan fingerprint density at radius 3 is 2.43 bits per heavy atom. The largest absolute Gasteiger partial charge is 0.371 e. The molecular weight excluding hydrogens is 436 g/mol. The second-order valence-electron chi connectivity index (χ2n) is 10.5. The molecule has 1 N–H and O–H groups in total. The summed E-state index contributed by atoms with van der Waals surface area (Å²) in [7, 11) is 1.94. The number of piperidine rings is 1. The lowest BCUT2D eigenvalue weighted by Crippen LogP contribution is -2.45. The zero-order chi connectivity index (χ0) is 24.2. The standard InChI is InChI=1S/C29H38N4O2/c1-32(24-14-18-33(19-15-24)25-12-16-30-17-13-25)29(35)23-11-10-21-8-5-9-27(26(21)20-23)31-28(34)22-6-3-2-4-7-22/h10-13,16-17,20,22,24,27H,2-9,14-15,18-19H2,1H3,(H,31,34). The highest BCUT2D eigenvalue weighted by molar-refractivity contribution is 5.94. The van der Waals surface area contributed by atoms with Crippen LogP contribution in [0.4, 0.5) is 5.69 Å². The van der Waals surface area contributed by atoms with Gasteiger partial charge in [0.05, 0.1) is 6.04 Å². The summed E-state index contributed by atoms with van der Waals surface area (Å²) in [6.45, 7) is 1.87. The summed E-state index contributed by atoms with van der Waals surface area (Å²) in [5, 5.41) is 3.35. The summed E-state index contributed by atoms with van der Waals surface area (Å²) in [4.78, 5) is 34.8. The van der Waals surface area contributed by atoms with Gasteiger partial charge in [-0.15, -0.1) is 0 Å². The number of aromatic nitrogens is 1. The fourth-order valence-electron chi connectivity index (χ4n) is 6.17. The molecule has 6 nitrogen and oxygen atoms in total. The van der Waals surface area contributed by atoms with Crippen LogP contribution in [0.2, 0.25) is 0 Å². The van der Waals surface area contributed by atoms with Crippen LogP contribution in [0.3, 0.4) is 0 Å². The minimum atomic E-state index is 0.0230. The molecule has 1 saturated carbocycles. The normalized spacial score (nSPS) is 21.3. The van der Waals surface area contributed by atoms with E-state index in [1.807, 2.05) is 42.5 Å². The molecule has 2 fully saturated rings. The Morgan fingerprint density at radius 2 is 1.69 bits per heavy atom. The van der Waals surface area contributed by atoms with Crippen LogP contribution in [0.5, 0.6) is 0 Å². The molecule has 3 aliphatic rings. The second kappa shape index (κ2) is 10.8. The van der Waals surface area contributed by atoms with Crippen molar-refractivity contribution in [3.63, 3.8) is 0 Å². The fraction of sp³-hybridized carbons (Fsp3) is 0.552. The van der Waals surface area contributed by atoms with Crippen molar-refractivity contribution in [1.29, 1.82) is 0 Å². The summed E-state index contributed by atoms with van der Waals surface area (Å²) < 4.78 is 0. The molecule has 1 aliphatic heterocycles. The van der Waals surface area contributed by atoms with Crippen molar-refractivity contribution in [2.24, 2.45) is 5.92 Å². The predicted molar refractivity (Wildman–Crippen MR) is 138 cm³/mol. The molecule has 6 heteroatoms. The van der Waals surface area contributed by atoms with E-state index in [0.29, 0.717) is 0 Å². The average molecular weight is 475 g/mol. The van der Waals surface area contributed by atoms with E-state index in [0.717, 1.165) is 82.0 Å². The Bertz CT molecular complexity index is 1030. The van der Waals surface area contributed by atoms with Crippen LogP contribution in [0, 0.1) is 5.92 Å². The van der Waals surface area contributed by atoms with Crippen LogP contribution in [0.15, 0.2) is 42.7 Å². The van der Waals surface area contributed by atoms with Crippen LogP contribution in [-0.2, 0) is 11.2 Å². The third-order valence-electron chi connectivity index (χ3n) is 8.36. The minimum absolute atomic E-state index is 0.0230. The highest BCUT2D eigenvalue weighted by atomic mass is 16.2. The van der Waals surface area contributed by atoms with Gasteiger partial charge in [0, 0.05) is 55.7 Å². The molecular formula is C29H38N4O2. The molecule has 186 valence electrons. The SMILES string of the molecule is CN(C(=O)c1ccc2c(c1)C(NC(=O)C1CCCCC1)CCC2)C1CCN(c2ccncc2)CC1. The lowest BCUT2D eigenvalue weighted by atomic mass is 9.84. The molecule has 2 aliphatic carbocycles. The molecule has 1 aromatic carbocycles. The summed E-state index contributed by atoms with van der Waals surface area (Å²) in [6, 6.07) is 10.5. The highest BCUT2D eigenvalue weighted by Crippen LogP contribution is 2.33. The number of nitrogens with one attached hydrogen (secondary N) is 1. The summed E-state index contributed by atoms with van der Waals surface area (Å²) >= 11 is 0. The number of aryl methyl sites for hydroxylation is 1. The van der Waals surface area contributed by atoms with E-state index < -0.39 is 0 Å². The molecule has 1 atom stereocenters. The van der Waals surface area contributed by atoms with E-state index in [-0.39, 0.29) is 29.8 Å². The number of pyridine rings is 1. The van der Waals surface area contributed by atoms with Gasteiger partial charge in [-0.2, -0.15) is 0 Å². The van der Waals surface area contributed by atoms with Gasteiger partial charge in [0.25, 0.3) is 5.91 Å². The van der Waals surface area contributed by atoms with Gasteiger partial charge >= 0.3 is 0 Å². The molecule has 0 radical (unpaired) electrons. The van der Waals surface area contributed by atoms with Gasteiger partial charge in [0.1, 0.15) is 0 Å². The first-order valence-electron chi connectivity index (χ1n) is 13.5. The maximum Gasteiger partial charge on any atom is 0.253 e. The quantitative estimate of drug-likeness (QED) is 0.670. The van der Waals surface area contributed by atoms with E-state index in [9.17, 15) is 9.59 Å². The van der Waals surface area contributed by atoms with Crippen molar-refractivity contribution in [3.8, 4) is 0 Å². The molecule has 2 aromatic rings. The maximum atomic E-state index is 13.5. The maximum absolute atomic E-state index is 13.5. The lowest BCUT2D eigenvalue weighted by molar-refractivity contribution is -0.126. The van der Waals surface area contributed by atoms with Gasteiger partial charge < -0.3 is 15.1 Å². The molecule has 35 heavy (non-hydrogen) atoms.